The van der Waals surface area contributed by atoms with Gasteiger partial charge in [-0.15, -0.1) is 0 Å². The van der Waals surface area contributed by atoms with Crippen molar-refractivity contribution < 1.29 is 14.2 Å². The highest BCUT2D eigenvalue weighted by atomic mass is 35.5. The van der Waals surface area contributed by atoms with E-state index in [9.17, 15) is 5.11 Å². The van der Waals surface area contributed by atoms with E-state index in [1.807, 2.05) is 24.3 Å². The van der Waals surface area contributed by atoms with Crippen molar-refractivity contribution in [1.82, 2.24) is 20.2 Å². The largest absolute Gasteiger partial charge is 0.508 e. The molecule has 3 saturated heterocycles. The molecule has 0 radical (unpaired) electrons. The van der Waals surface area contributed by atoms with Gasteiger partial charge in [-0.2, -0.15) is 9.97 Å². The van der Waals surface area contributed by atoms with E-state index in [-0.39, 0.29) is 27.9 Å². The molecule has 0 amide bonds. The van der Waals surface area contributed by atoms with Crippen LogP contribution >= 0.6 is 11.6 Å². The molecule has 2 N–H and O–H groups in total. The second kappa shape index (κ2) is 10.7. The van der Waals surface area contributed by atoms with Gasteiger partial charge in [0, 0.05) is 42.7 Å². The molecular weight excluding hydrogens is 529 g/mol. The van der Waals surface area contributed by atoms with Gasteiger partial charge in [-0.25, -0.2) is 4.39 Å². The summed E-state index contributed by atoms with van der Waals surface area (Å²) in [5.41, 5.74) is 0.914. The summed E-state index contributed by atoms with van der Waals surface area (Å²) in [4.78, 5) is 14.1. The molecule has 3 aliphatic rings. The van der Waals surface area contributed by atoms with Crippen LogP contribution in [0.3, 0.4) is 0 Å². The van der Waals surface area contributed by atoms with E-state index in [0.717, 1.165) is 62.8 Å². The van der Waals surface area contributed by atoms with Crippen molar-refractivity contribution in [3.05, 3.63) is 53.3 Å². The number of likely N-dealkylation sites (tertiary alicyclic amines) is 1. The van der Waals surface area contributed by atoms with Gasteiger partial charge in [0.2, 0.25) is 0 Å². The number of piperazine rings is 1. The molecule has 7 nitrogen and oxygen atoms in total. The molecule has 3 fully saturated rings. The normalized spacial score (nSPS) is 21.1. The Balaban J connectivity index is 1.32. The molecule has 9 heteroatoms. The Labute approximate surface area is 237 Å². The van der Waals surface area contributed by atoms with Gasteiger partial charge in [-0.1, -0.05) is 35.9 Å². The Hall–Kier alpha value is -3.20. The predicted molar refractivity (Wildman–Crippen MR) is 157 cm³/mol. The van der Waals surface area contributed by atoms with Gasteiger partial charge < -0.3 is 25.0 Å². The van der Waals surface area contributed by atoms with Gasteiger partial charge in [0.1, 0.15) is 17.1 Å². The first-order chi connectivity index (χ1) is 19.5. The van der Waals surface area contributed by atoms with Gasteiger partial charge in [0.15, 0.2) is 5.82 Å². The lowest BCUT2D eigenvalue weighted by molar-refractivity contribution is 0.250. The highest BCUT2D eigenvalue weighted by molar-refractivity contribution is 6.35. The maximum absolute atomic E-state index is 16.6. The smallest absolute Gasteiger partial charge is 0.319 e. The summed E-state index contributed by atoms with van der Waals surface area (Å²) in [7, 11) is 0. The van der Waals surface area contributed by atoms with Crippen LogP contribution in [-0.4, -0.2) is 71.4 Å². The summed E-state index contributed by atoms with van der Waals surface area (Å²) < 4.78 is 22.7. The monoisotopic (exact) mass is 561 g/mol. The number of fused-ring (bicyclic) bond motifs is 4. The number of rotatable bonds is 7. The number of ether oxygens (including phenoxy) is 1. The SMILES string of the molecule is Oc1cc(-c2c(Cl)cc3c(N4CC5CCC(C4)N5)nc(OCCCN4CCCC4)nc3c2F)c2ccccc2c1. The molecule has 7 rings (SSSR count). The summed E-state index contributed by atoms with van der Waals surface area (Å²) in [6, 6.07) is 13.5. The number of anilines is 1. The maximum atomic E-state index is 16.6. The Morgan fingerprint density at radius 2 is 1.80 bits per heavy atom. The average molecular weight is 562 g/mol. The fraction of sp³-hybridized carbons (Fsp3) is 0.419. The first-order valence-corrected chi connectivity index (χ1v) is 14.7. The minimum Gasteiger partial charge on any atom is -0.508 e. The summed E-state index contributed by atoms with van der Waals surface area (Å²) in [5, 5.41) is 16.5. The summed E-state index contributed by atoms with van der Waals surface area (Å²) >= 11 is 6.84. The zero-order valence-electron chi connectivity index (χ0n) is 22.4. The van der Waals surface area contributed by atoms with Crippen LogP contribution in [0.1, 0.15) is 32.1 Å². The second-order valence-corrected chi connectivity index (χ2v) is 11.7. The fourth-order valence-electron chi connectivity index (χ4n) is 6.64. The topological polar surface area (TPSA) is 73.8 Å². The predicted octanol–water partition coefficient (Wildman–Crippen LogP) is 5.75. The van der Waals surface area contributed by atoms with Gasteiger partial charge in [0.05, 0.1) is 11.6 Å². The number of nitrogens with zero attached hydrogens (tertiary/aromatic N) is 4. The summed E-state index contributed by atoms with van der Waals surface area (Å²) in [6.07, 6.45) is 5.60. The number of aromatic nitrogens is 2. The lowest BCUT2D eigenvalue weighted by atomic mass is 9.96. The van der Waals surface area contributed by atoms with Crippen LogP contribution in [0.2, 0.25) is 5.02 Å². The van der Waals surface area contributed by atoms with Gasteiger partial charge >= 0.3 is 6.01 Å². The highest BCUT2D eigenvalue weighted by Gasteiger charge is 2.34. The molecule has 3 aliphatic heterocycles. The quantitative estimate of drug-likeness (QED) is 0.278. The standard InChI is InChI=1S/C31H33ClFN5O2/c32-26-16-25-29(28(33)27(26)24-15-22(39)14-19-6-1-2-7-23(19)24)35-31(40-13-5-12-37-10-3-4-11-37)36-30(25)38-17-20-8-9-21(18-38)34-20/h1-2,6-7,14-16,20-21,34,39H,3-5,8-13,17-18H2. The van der Waals surface area contributed by atoms with E-state index in [1.54, 1.807) is 18.2 Å². The van der Waals surface area contributed by atoms with Crippen molar-refractivity contribution >= 4 is 39.1 Å². The molecule has 40 heavy (non-hydrogen) atoms. The molecule has 3 aromatic carbocycles. The Morgan fingerprint density at radius 1 is 1.02 bits per heavy atom. The lowest BCUT2D eigenvalue weighted by Crippen LogP contribution is -2.51. The molecule has 4 heterocycles. The lowest BCUT2D eigenvalue weighted by Gasteiger charge is -2.34. The van der Waals surface area contributed by atoms with Crippen molar-refractivity contribution in [2.75, 3.05) is 44.2 Å². The number of benzene rings is 3. The third kappa shape index (κ3) is 4.82. The van der Waals surface area contributed by atoms with E-state index in [4.69, 9.17) is 21.3 Å². The number of hydrogen-bond acceptors (Lipinski definition) is 7. The van der Waals surface area contributed by atoms with Crippen LogP contribution in [0, 0.1) is 5.82 Å². The molecule has 4 aromatic rings. The van der Waals surface area contributed by atoms with Crippen molar-refractivity contribution in [3.63, 3.8) is 0 Å². The maximum Gasteiger partial charge on any atom is 0.319 e. The molecule has 2 bridgehead atoms. The van der Waals surface area contributed by atoms with Gasteiger partial charge in [0.25, 0.3) is 0 Å². The zero-order valence-corrected chi connectivity index (χ0v) is 23.1. The molecule has 2 atom stereocenters. The van der Waals surface area contributed by atoms with E-state index in [0.29, 0.717) is 35.5 Å². The van der Waals surface area contributed by atoms with Crippen LogP contribution in [-0.2, 0) is 0 Å². The van der Waals surface area contributed by atoms with E-state index in [2.05, 4.69) is 20.1 Å². The molecular formula is C31H33ClFN5O2. The van der Waals surface area contributed by atoms with E-state index in [1.165, 1.54) is 12.8 Å². The molecule has 0 saturated carbocycles. The third-order valence-electron chi connectivity index (χ3n) is 8.52. The highest BCUT2D eigenvalue weighted by Crippen LogP contribution is 2.42. The Morgan fingerprint density at radius 3 is 2.60 bits per heavy atom. The second-order valence-electron chi connectivity index (χ2n) is 11.3. The molecule has 0 spiro atoms. The van der Waals surface area contributed by atoms with Crippen molar-refractivity contribution in [2.45, 2.75) is 44.2 Å². The first-order valence-electron chi connectivity index (χ1n) is 14.3. The Bertz CT molecular complexity index is 1570. The molecule has 208 valence electrons. The fourth-order valence-corrected chi connectivity index (χ4v) is 6.94. The summed E-state index contributed by atoms with van der Waals surface area (Å²) in [5.74, 6) is 0.166. The molecule has 2 unspecified atom stereocenters. The van der Waals surface area contributed by atoms with Crippen molar-refractivity contribution in [2.24, 2.45) is 0 Å². The molecule has 1 aromatic heterocycles. The summed E-state index contributed by atoms with van der Waals surface area (Å²) in [6.45, 7) is 5.29. The van der Waals surface area contributed by atoms with Crippen molar-refractivity contribution in [1.29, 1.82) is 0 Å². The van der Waals surface area contributed by atoms with Crippen molar-refractivity contribution in [3.8, 4) is 22.9 Å². The van der Waals surface area contributed by atoms with E-state index < -0.39 is 5.82 Å². The molecule has 0 aliphatic carbocycles. The van der Waals surface area contributed by atoms with Crippen LogP contribution < -0.4 is 15.0 Å². The number of aromatic hydroxyl groups is 1. The minimum absolute atomic E-state index is 0.0472. The van der Waals surface area contributed by atoms with Crippen LogP contribution in [0.15, 0.2) is 42.5 Å². The van der Waals surface area contributed by atoms with Crippen LogP contribution in [0.25, 0.3) is 32.8 Å². The number of phenols is 1. The average Bonchev–Trinajstić information content (AvgIpc) is 3.59. The number of halogens is 2. The van der Waals surface area contributed by atoms with Crippen LogP contribution in [0.4, 0.5) is 10.2 Å². The number of phenolic OH excluding ortho intramolecular Hbond substituents is 1. The zero-order chi connectivity index (χ0) is 27.2. The first kappa shape index (κ1) is 25.7. The van der Waals surface area contributed by atoms with Gasteiger partial charge in [-0.3, -0.25) is 0 Å². The number of nitrogens with one attached hydrogen (secondary N) is 1. The Kier molecular flexibility index (Phi) is 6.86. The van der Waals surface area contributed by atoms with E-state index >= 15 is 4.39 Å². The third-order valence-corrected chi connectivity index (χ3v) is 8.82. The minimum atomic E-state index is -0.540. The number of hydrogen-bond donors (Lipinski definition) is 2. The van der Waals surface area contributed by atoms with Crippen LogP contribution in [0.5, 0.6) is 11.8 Å². The van der Waals surface area contributed by atoms with Gasteiger partial charge in [-0.05, 0) is 79.7 Å².